The molecule has 20 heavy (non-hydrogen) atoms. The summed E-state index contributed by atoms with van der Waals surface area (Å²) in [6.45, 7) is -0.706. The first-order chi connectivity index (χ1) is 9.50. The average molecular weight is 277 g/mol. The first-order valence-corrected chi connectivity index (χ1v) is 5.72. The number of alkyl halides is 3. The minimum Gasteiger partial charge on any atom is -0.384 e. The number of aromatic nitrogens is 1. The SMILES string of the molecule is C#CCn1c(C(F)(F)F)c(C#CCO)c2ccccc21. The van der Waals surface area contributed by atoms with E-state index in [1.165, 1.54) is 0 Å². The molecule has 0 atom stereocenters. The second-order valence-corrected chi connectivity index (χ2v) is 3.99. The van der Waals surface area contributed by atoms with Gasteiger partial charge in [0.15, 0.2) is 0 Å². The topological polar surface area (TPSA) is 25.2 Å². The Morgan fingerprint density at radius 2 is 1.95 bits per heavy atom. The van der Waals surface area contributed by atoms with Gasteiger partial charge in [-0.05, 0) is 6.07 Å². The molecule has 2 rings (SSSR count). The summed E-state index contributed by atoms with van der Waals surface area (Å²) in [5.74, 6) is 6.87. The number of rotatable bonds is 1. The van der Waals surface area contributed by atoms with E-state index in [2.05, 4.69) is 17.8 Å². The summed E-state index contributed by atoms with van der Waals surface area (Å²) < 4.78 is 40.9. The van der Waals surface area contributed by atoms with Gasteiger partial charge in [-0.1, -0.05) is 36.0 Å². The molecule has 1 aromatic heterocycles. The lowest BCUT2D eigenvalue weighted by molar-refractivity contribution is -0.143. The third kappa shape index (κ3) is 2.36. The van der Waals surface area contributed by atoms with Gasteiger partial charge in [-0.15, -0.1) is 6.42 Å². The average Bonchev–Trinajstić information content (AvgIpc) is 2.71. The second-order valence-electron chi connectivity index (χ2n) is 3.99. The Morgan fingerprint density at radius 1 is 1.25 bits per heavy atom. The zero-order valence-corrected chi connectivity index (χ0v) is 10.3. The Kier molecular flexibility index (Phi) is 3.74. The van der Waals surface area contributed by atoms with Crippen LogP contribution in [0.3, 0.4) is 0 Å². The molecule has 2 nitrogen and oxygen atoms in total. The van der Waals surface area contributed by atoms with Gasteiger partial charge in [0, 0.05) is 5.39 Å². The summed E-state index contributed by atoms with van der Waals surface area (Å²) >= 11 is 0. The van der Waals surface area contributed by atoms with E-state index in [0.717, 1.165) is 4.57 Å². The molecule has 1 aromatic carbocycles. The van der Waals surface area contributed by atoms with E-state index < -0.39 is 18.5 Å². The van der Waals surface area contributed by atoms with Crippen LogP contribution >= 0.6 is 0 Å². The molecular weight excluding hydrogens is 267 g/mol. The van der Waals surface area contributed by atoms with Crippen molar-refractivity contribution in [1.29, 1.82) is 0 Å². The van der Waals surface area contributed by atoms with Gasteiger partial charge in [-0.3, -0.25) is 0 Å². The van der Waals surface area contributed by atoms with Crippen molar-refractivity contribution in [3.8, 4) is 24.2 Å². The van der Waals surface area contributed by atoms with Gasteiger partial charge in [0.05, 0.1) is 17.6 Å². The summed E-state index contributed by atoms with van der Waals surface area (Å²) in [6.07, 6.45) is 0.585. The van der Waals surface area contributed by atoms with Crippen LogP contribution in [0.25, 0.3) is 10.9 Å². The van der Waals surface area contributed by atoms with Gasteiger partial charge >= 0.3 is 6.18 Å². The van der Waals surface area contributed by atoms with Crippen LogP contribution < -0.4 is 0 Å². The van der Waals surface area contributed by atoms with Crippen LogP contribution in [0.5, 0.6) is 0 Å². The minimum absolute atomic E-state index is 0.155. The van der Waals surface area contributed by atoms with Gasteiger partial charge in [0.2, 0.25) is 0 Å². The molecule has 0 bridgehead atoms. The number of aliphatic hydroxyl groups excluding tert-OH is 1. The van der Waals surface area contributed by atoms with Gasteiger partial charge in [-0.25, -0.2) is 0 Å². The molecule has 1 N–H and O–H groups in total. The van der Waals surface area contributed by atoms with Crippen molar-refractivity contribution in [2.24, 2.45) is 0 Å². The molecule has 0 fully saturated rings. The summed E-state index contributed by atoms with van der Waals surface area (Å²) in [6, 6.07) is 6.39. The van der Waals surface area contributed by atoms with Crippen LogP contribution in [0.1, 0.15) is 11.3 Å². The first kappa shape index (κ1) is 14.0. The molecule has 0 spiro atoms. The number of fused-ring (bicyclic) bond motifs is 1. The van der Waals surface area contributed by atoms with Crippen molar-refractivity contribution < 1.29 is 18.3 Å². The smallest absolute Gasteiger partial charge is 0.384 e. The molecule has 0 aliphatic rings. The van der Waals surface area contributed by atoms with Crippen molar-refractivity contribution in [3.63, 3.8) is 0 Å². The fourth-order valence-corrected chi connectivity index (χ4v) is 2.11. The summed E-state index contributed by atoms with van der Waals surface area (Å²) in [7, 11) is 0. The van der Waals surface area contributed by atoms with Gasteiger partial charge in [-0.2, -0.15) is 13.2 Å². The largest absolute Gasteiger partial charge is 0.432 e. The highest BCUT2D eigenvalue weighted by Gasteiger charge is 2.38. The van der Waals surface area contributed by atoms with E-state index in [-0.39, 0.29) is 12.1 Å². The minimum atomic E-state index is -4.57. The summed E-state index contributed by atoms with van der Waals surface area (Å²) in [5.41, 5.74) is -0.657. The molecule has 1 heterocycles. The van der Waals surface area contributed by atoms with Crippen LogP contribution in [0, 0.1) is 24.2 Å². The van der Waals surface area contributed by atoms with Crippen LogP contribution in [-0.4, -0.2) is 16.3 Å². The molecule has 0 saturated heterocycles. The molecule has 0 amide bonds. The van der Waals surface area contributed by atoms with Gasteiger partial charge in [0.25, 0.3) is 0 Å². The predicted octanol–water partition coefficient (Wildman–Crippen LogP) is 2.64. The van der Waals surface area contributed by atoms with Crippen molar-refractivity contribution in [2.75, 3.05) is 6.61 Å². The highest BCUT2D eigenvalue weighted by molar-refractivity contribution is 5.89. The number of hydrogen-bond acceptors (Lipinski definition) is 1. The van der Waals surface area contributed by atoms with Crippen LogP contribution in [0.2, 0.25) is 0 Å². The van der Waals surface area contributed by atoms with E-state index >= 15 is 0 Å². The number of halogens is 3. The van der Waals surface area contributed by atoms with E-state index in [4.69, 9.17) is 11.5 Å². The maximum atomic E-state index is 13.3. The molecule has 2 aromatic rings. The Bertz CT molecular complexity index is 739. The predicted molar refractivity (Wildman–Crippen MR) is 69.7 cm³/mol. The Labute approximate surface area is 113 Å². The fraction of sp³-hybridized carbons (Fsp3) is 0.200. The first-order valence-electron chi connectivity index (χ1n) is 5.72. The molecule has 0 radical (unpaired) electrons. The van der Waals surface area contributed by atoms with E-state index in [1.807, 2.05) is 0 Å². The molecular formula is C15H10F3NO. The zero-order chi connectivity index (χ0) is 14.8. The zero-order valence-electron chi connectivity index (χ0n) is 10.3. The quantitative estimate of drug-likeness (QED) is 0.796. The molecule has 102 valence electrons. The maximum absolute atomic E-state index is 13.3. The summed E-state index contributed by atoms with van der Waals surface area (Å²) in [5, 5.41) is 9.08. The fourth-order valence-electron chi connectivity index (χ4n) is 2.11. The lowest BCUT2D eigenvalue weighted by Crippen LogP contribution is -2.14. The monoisotopic (exact) mass is 277 g/mol. The van der Waals surface area contributed by atoms with Crippen molar-refractivity contribution in [3.05, 3.63) is 35.5 Å². The standard InChI is InChI=1S/C15H10F3NO/c1-2-9-19-13-8-4-3-6-11(13)12(7-5-10-20)14(19)15(16,17)18/h1,3-4,6,8,20H,9-10H2. The lowest BCUT2D eigenvalue weighted by Gasteiger charge is -2.11. The van der Waals surface area contributed by atoms with Crippen molar-refractivity contribution in [1.82, 2.24) is 4.57 Å². The number of terminal acetylenes is 1. The number of aliphatic hydroxyl groups is 1. The van der Waals surface area contributed by atoms with E-state index in [9.17, 15) is 13.2 Å². The number of benzene rings is 1. The van der Waals surface area contributed by atoms with Gasteiger partial charge < -0.3 is 9.67 Å². The lowest BCUT2D eigenvalue weighted by atomic mass is 10.1. The van der Waals surface area contributed by atoms with Crippen molar-refractivity contribution >= 4 is 10.9 Å². The normalized spacial score (nSPS) is 10.9. The maximum Gasteiger partial charge on any atom is 0.432 e. The molecule has 0 aliphatic heterocycles. The van der Waals surface area contributed by atoms with E-state index in [1.54, 1.807) is 24.3 Å². The Morgan fingerprint density at radius 3 is 2.55 bits per heavy atom. The van der Waals surface area contributed by atoms with Crippen molar-refractivity contribution in [2.45, 2.75) is 12.7 Å². The highest BCUT2D eigenvalue weighted by atomic mass is 19.4. The Balaban J connectivity index is 2.90. The molecule has 0 saturated carbocycles. The third-order valence-corrected chi connectivity index (χ3v) is 2.78. The third-order valence-electron chi connectivity index (χ3n) is 2.78. The second kappa shape index (κ2) is 5.32. The highest BCUT2D eigenvalue weighted by Crippen LogP contribution is 2.37. The molecule has 0 aliphatic carbocycles. The molecule has 0 unspecified atom stereocenters. The number of nitrogens with zero attached hydrogens (tertiary/aromatic N) is 1. The van der Waals surface area contributed by atoms with Crippen LogP contribution in [0.15, 0.2) is 24.3 Å². The number of hydrogen-bond donors (Lipinski definition) is 1. The summed E-state index contributed by atoms with van der Waals surface area (Å²) in [4.78, 5) is 0. The molecule has 5 heteroatoms. The van der Waals surface area contributed by atoms with E-state index in [0.29, 0.717) is 10.9 Å². The number of para-hydroxylation sites is 1. The van der Waals surface area contributed by atoms with Crippen LogP contribution in [-0.2, 0) is 12.7 Å². The van der Waals surface area contributed by atoms with Crippen LogP contribution in [0.4, 0.5) is 13.2 Å². The van der Waals surface area contributed by atoms with Gasteiger partial charge in [0.1, 0.15) is 12.3 Å². The Hall–Kier alpha value is -2.37.